The van der Waals surface area contributed by atoms with Gasteiger partial charge in [-0.25, -0.2) is 0 Å². The molecule has 1 aromatic heterocycles. The van der Waals surface area contributed by atoms with Gasteiger partial charge in [0.05, 0.1) is 10.7 Å². The van der Waals surface area contributed by atoms with Gasteiger partial charge >= 0.3 is 0 Å². The number of hydrogen-bond acceptors (Lipinski definition) is 4. The number of thiophene rings is 1. The van der Waals surface area contributed by atoms with E-state index in [4.69, 9.17) is 11.5 Å². The van der Waals surface area contributed by atoms with Crippen LogP contribution in [-0.4, -0.2) is 11.9 Å². The second kappa shape index (κ2) is 4.16. The number of nitrogens with one attached hydrogen (secondary N) is 1. The summed E-state index contributed by atoms with van der Waals surface area (Å²) in [5.74, 6) is 0.896. The van der Waals surface area contributed by atoms with Crippen molar-refractivity contribution >= 4 is 27.9 Å². The van der Waals surface area contributed by atoms with E-state index in [-0.39, 0.29) is 0 Å². The third-order valence-electron chi connectivity index (χ3n) is 3.88. The van der Waals surface area contributed by atoms with E-state index in [2.05, 4.69) is 12.2 Å². The van der Waals surface area contributed by atoms with Crippen LogP contribution in [0.5, 0.6) is 0 Å². The highest BCUT2D eigenvalue weighted by atomic mass is 32.1. The number of rotatable bonds is 5. The lowest BCUT2D eigenvalue weighted by molar-refractivity contribution is 0.100. The van der Waals surface area contributed by atoms with Crippen LogP contribution in [0.25, 0.3) is 0 Å². The molecule has 5 N–H and O–H groups in total. The van der Waals surface area contributed by atoms with E-state index in [9.17, 15) is 4.79 Å². The maximum Gasteiger partial charge on any atom is 0.260 e. The maximum absolute atomic E-state index is 11.4. The Labute approximate surface area is 111 Å². The summed E-state index contributed by atoms with van der Waals surface area (Å²) in [5, 5.41) is 4.61. The highest BCUT2D eigenvalue weighted by molar-refractivity contribution is 7.18. The van der Waals surface area contributed by atoms with Gasteiger partial charge in [-0.05, 0) is 44.4 Å². The quantitative estimate of drug-likeness (QED) is 0.765. The van der Waals surface area contributed by atoms with Crippen molar-refractivity contribution < 1.29 is 4.79 Å². The highest BCUT2D eigenvalue weighted by Gasteiger charge is 2.34. The number of hydrogen-bond donors (Lipinski definition) is 3. The number of carbonyl (C=O) groups is 1. The molecule has 1 heterocycles. The molecule has 0 radical (unpaired) electrons. The minimum absolute atomic E-state index is 0.411. The van der Waals surface area contributed by atoms with E-state index in [0.717, 1.165) is 16.5 Å². The Balaban J connectivity index is 1.90. The van der Waals surface area contributed by atoms with Crippen molar-refractivity contribution in [2.24, 2.45) is 11.7 Å². The van der Waals surface area contributed by atoms with Gasteiger partial charge in [-0.1, -0.05) is 0 Å². The molecule has 0 bridgehead atoms. The van der Waals surface area contributed by atoms with Gasteiger partial charge < -0.3 is 16.8 Å². The predicted molar refractivity (Wildman–Crippen MR) is 75.0 cm³/mol. The minimum Gasteiger partial charge on any atom is -0.397 e. The van der Waals surface area contributed by atoms with E-state index in [1.54, 1.807) is 0 Å². The molecule has 1 aromatic rings. The molecule has 2 saturated carbocycles. The molecule has 0 aromatic carbocycles. The molecule has 18 heavy (non-hydrogen) atoms. The zero-order chi connectivity index (χ0) is 12.9. The molecule has 5 heteroatoms. The lowest BCUT2D eigenvalue weighted by Crippen LogP contribution is -2.17. The Morgan fingerprint density at radius 3 is 2.56 bits per heavy atom. The lowest BCUT2D eigenvalue weighted by Gasteiger charge is -2.14. The number of carbonyl (C=O) groups excluding carboxylic acids is 1. The van der Waals surface area contributed by atoms with Crippen LogP contribution < -0.4 is 16.8 Å². The first-order chi connectivity index (χ1) is 8.58. The Hall–Kier alpha value is -1.23. The van der Waals surface area contributed by atoms with Crippen LogP contribution in [0.1, 0.15) is 53.8 Å². The molecular formula is C13H19N3OS. The fraction of sp³-hybridized carbons (Fsp3) is 0.615. The van der Waals surface area contributed by atoms with Crippen LogP contribution in [0.4, 0.5) is 10.7 Å². The van der Waals surface area contributed by atoms with Crippen LogP contribution in [0.2, 0.25) is 0 Å². The van der Waals surface area contributed by atoms with E-state index >= 15 is 0 Å². The van der Waals surface area contributed by atoms with Crippen LogP contribution in [0.15, 0.2) is 0 Å². The first kappa shape index (κ1) is 11.8. The third kappa shape index (κ3) is 2.07. The number of amides is 1. The molecule has 2 fully saturated rings. The summed E-state index contributed by atoms with van der Waals surface area (Å²) in [5.41, 5.74) is 13.2. The number of nitrogens with two attached hydrogens (primary N) is 2. The lowest BCUT2D eigenvalue weighted by atomic mass is 10.1. The fourth-order valence-corrected chi connectivity index (χ4v) is 3.60. The summed E-state index contributed by atoms with van der Waals surface area (Å²) < 4.78 is 0. The van der Waals surface area contributed by atoms with Crippen LogP contribution in [0.3, 0.4) is 0 Å². The topological polar surface area (TPSA) is 81.1 Å². The Kier molecular flexibility index (Phi) is 2.73. The summed E-state index contributed by atoms with van der Waals surface area (Å²) in [7, 11) is 0. The largest absolute Gasteiger partial charge is 0.397 e. The zero-order valence-electron chi connectivity index (χ0n) is 10.5. The van der Waals surface area contributed by atoms with Gasteiger partial charge in [0.15, 0.2) is 0 Å². The average molecular weight is 265 g/mol. The van der Waals surface area contributed by atoms with Gasteiger partial charge in [0.25, 0.3) is 5.91 Å². The molecular weight excluding hydrogens is 246 g/mol. The van der Waals surface area contributed by atoms with Gasteiger partial charge in [-0.2, -0.15) is 0 Å². The van der Waals surface area contributed by atoms with Crippen molar-refractivity contribution in [3.8, 4) is 0 Å². The van der Waals surface area contributed by atoms with Crippen molar-refractivity contribution in [3.63, 3.8) is 0 Å². The maximum atomic E-state index is 11.4. The highest BCUT2D eigenvalue weighted by Crippen LogP contribution is 2.51. The first-order valence-corrected chi connectivity index (χ1v) is 7.38. The van der Waals surface area contributed by atoms with Crippen LogP contribution in [0, 0.1) is 5.92 Å². The van der Waals surface area contributed by atoms with E-state index in [1.165, 1.54) is 37.0 Å². The number of anilines is 2. The molecule has 0 saturated heterocycles. The van der Waals surface area contributed by atoms with Crippen molar-refractivity contribution in [3.05, 3.63) is 10.4 Å². The standard InChI is InChI=1S/C13H19N3OS/c1-6(7-2-3-7)16-13-9(8-4-5-8)10(14)11(18-13)12(15)17/h6-8,16H,2-5,14H2,1H3,(H2,15,17). The summed E-state index contributed by atoms with van der Waals surface area (Å²) >= 11 is 1.43. The molecule has 1 amide bonds. The van der Waals surface area contributed by atoms with Gasteiger partial charge in [0.2, 0.25) is 0 Å². The molecule has 2 aliphatic rings. The van der Waals surface area contributed by atoms with Crippen LogP contribution in [-0.2, 0) is 0 Å². The fourth-order valence-electron chi connectivity index (χ4n) is 2.45. The Morgan fingerprint density at radius 2 is 2.06 bits per heavy atom. The monoisotopic (exact) mass is 265 g/mol. The first-order valence-electron chi connectivity index (χ1n) is 6.56. The molecule has 98 valence electrons. The van der Waals surface area contributed by atoms with Crippen molar-refractivity contribution in [2.75, 3.05) is 11.1 Å². The molecule has 1 unspecified atom stereocenters. The smallest absolute Gasteiger partial charge is 0.260 e. The van der Waals surface area contributed by atoms with E-state index in [0.29, 0.717) is 22.5 Å². The Bertz CT molecular complexity index is 489. The third-order valence-corrected chi connectivity index (χ3v) is 5.05. The van der Waals surface area contributed by atoms with E-state index in [1.807, 2.05) is 0 Å². The zero-order valence-corrected chi connectivity index (χ0v) is 11.3. The molecule has 0 aliphatic heterocycles. The summed E-state index contributed by atoms with van der Waals surface area (Å²) in [6, 6.07) is 0.460. The molecule has 0 spiro atoms. The second-order valence-electron chi connectivity index (χ2n) is 5.50. The molecule has 4 nitrogen and oxygen atoms in total. The van der Waals surface area contributed by atoms with Crippen molar-refractivity contribution in [2.45, 2.75) is 44.6 Å². The normalized spacial score (nSPS) is 20.7. The molecule has 3 rings (SSSR count). The number of nitrogen functional groups attached to an aromatic ring is 1. The Morgan fingerprint density at radius 1 is 1.39 bits per heavy atom. The van der Waals surface area contributed by atoms with Gasteiger partial charge in [0.1, 0.15) is 4.88 Å². The van der Waals surface area contributed by atoms with Crippen molar-refractivity contribution in [1.82, 2.24) is 0 Å². The van der Waals surface area contributed by atoms with Gasteiger partial charge in [-0.3, -0.25) is 4.79 Å². The number of primary amides is 1. The predicted octanol–water partition coefficient (Wildman–Crippen LogP) is 2.52. The van der Waals surface area contributed by atoms with Gasteiger partial charge in [0, 0.05) is 11.6 Å². The van der Waals surface area contributed by atoms with Crippen LogP contribution >= 0.6 is 11.3 Å². The summed E-state index contributed by atoms with van der Waals surface area (Å²) in [6.07, 6.45) is 4.95. The van der Waals surface area contributed by atoms with Gasteiger partial charge in [-0.15, -0.1) is 11.3 Å². The molecule has 2 aliphatic carbocycles. The minimum atomic E-state index is -0.411. The van der Waals surface area contributed by atoms with E-state index < -0.39 is 5.91 Å². The molecule has 1 atom stereocenters. The SMILES string of the molecule is CC(Nc1sc(C(N)=O)c(N)c1C1CC1)C1CC1. The summed E-state index contributed by atoms with van der Waals surface area (Å²) in [4.78, 5) is 11.9. The summed E-state index contributed by atoms with van der Waals surface area (Å²) in [6.45, 7) is 2.20. The van der Waals surface area contributed by atoms with Crippen molar-refractivity contribution in [1.29, 1.82) is 0 Å². The second-order valence-corrected chi connectivity index (χ2v) is 6.52. The average Bonchev–Trinajstić information content (AvgIpc) is 3.17.